The summed E-state index contributed by atoms with van der Waals surface area (Å²) in [6.45, 7) is 1.43. The number of para-hydroxylation sites is 1. The second-order valence-electron chi connectivity index (χ2n) is 7.96. The zero-order chi connectivity index (χ0) is 29.8. The van der Waals surface area contributed by atoms with Gasteiger partial charge >= 0.3 is 27.7 Å². The van der Waals surface area contributed by atoms with E-state index in [1.54, 1.807) is 6.07 Å². The third-order valence-corrected chi connectivity index (χ3v) is 7.40. The minimum atomic E-state index is -6.00. The van der Waals surface area contributed by atoms with Crippen LogP contribution in [0.3, 0.4) is 0 Å². The summed E-state index contributed by atoms with van der Waals surface area (Å²) < 4.78 is 39.0. The molecule has 0 amide bonds. The van der Waals surface area contributed by atoms with E-state index in [4.69, 9.17) is 10.3 Å². The van der Waals surface area contributed by atoms with Gasteiger partial charge in [0.15, 0.2) is 0 Å². The molecule has 0 unspecified atom stereocenters. The molecule has 0 aliphatic heterocycles. The van der Waals surface area contributed by atoms with E-state index in [0.29, 0.717) is 0 Å². The third-order valence-electron chi connectivity index (χ3n) is 4.91. The van der Waals surface area contributed by atoms with Gasteiger partial charge in [0.1, 0.15) is 0 Å². The molecule has 0 saturated carbocycles. The molecule has 0 saturated heterocycles. The van der Waals surface area contributed by atoms with Gasteiger partial charge in [-0.2, -0.15) is 41.7 Å². The molecule has 0 aromatic heterocycles. The van der Waals surface area contributed by atoms with Crippen molar-refractivity contribution in [2.24, 2.45) is 4.99 Å². The molecule has 0 heterocycles. The van der Waals surface area contributed by atoms with E-state index in [1.165, 1.54) is 22.8 Å². The molecule has 5 aromatic carbocycles. The molecule has 216 valence electrons. The average Bonchev–Trinajstić information content (AvgIpc) is 2.99. The van der Waals surface area contributed by atoms with Gasteiger partial charge in [-0.1, -0.05) is 109 Å². The number of benzene rings is 5. The molecule has 0 spiro atoms. The molecule has 0 aliphatic rings. The standard InChI is InChI=1S/C25H20NP.C6H5.C2H3N.BF4.Pd/c1-4-12-21(13-5-1)20-26-24-18-10-11-19-25(24)27(22-14-6-2-7-15-22)23-16-8-3-9-17-23;1-2-4-6-5-3-1;1-2-3;2-1(3,4)5;/h1-20H;1-5H;1H3;;/q;-1;;-1;+2. The van der Waals surface area contributed by atoms with E-state index >= 15 is 0 Å². The summed E-state index contributed by atoms with van der Waals surface area (Å²) in [7, 11) is -6.66. The van der Waals surface area contributed by atoms with Crippen molar-refractivity contribution in [3.63, 3.8) is 0 Å². The molecule has 0 N–H and O–H groups in total. The first-order chi connectivity index (χ1) is 19.8. The summed E-state index contributed by atoms with van der Waals surface area (Å²) in [4.78, 5) is 4.84. The zero-order valence-electron chi connectivity index (χ0n) is 22.7. The monoisotopic (exact) mass is 676 g/mol. The van der Waals surface area contributed by atoms with E-state index in [1.807, 2.05) is 54.7 Å². The van der Waals surface area contributed by atoms with Crippen LogP contribution in [0, 0.1) is 17.4 Å². The maximum Gasteiger partial charge on any atom is 2.00 e. The van der Waals surface area contributed by atoms with Gasteiger partial charge in [-0.3, -0.25) is 4.99 Å². The predicted molar refractivity (Wildman–Crippen MR) is 166 cm³/mol. The van der Waals surface area contributed by atoms with Gasteiger partial charge in [0, 0.05) is 18.4 Å². The van der Waals surface area contributed by atoms with Crippen molar-refractivity contribution < 1.29 is 37.7 Å². The van der Waals surface area contributed by atoms with Crippen molar-refractivity contribution >= 4 is 43.0 Å². The van der Waals surface area contributed by atoms with Crippen molar-refractivity contribution in [2.75, 3.05) is 0 Å². The summed E-state index contributed by atoms with van der Waals surface area (Å²) >= 11 is 0. The summed E-state index contributed by atoms with van der Waals surface area (Å²) in [5.74, 6) is 0. The Balaban J connectivity index is 0.000000488. The van der Waals surface area contributed by atoms with Gasteiger partial charge in [0.2, 0.25) is 0 Å². The molecule has 0 bridgehead atoms. The second kappa shape index (κ2) is 20.9. The molecule has 0 fully saturated rings. The van der Waals surface area contributed by atoms with Crippen LogP contribution in [-0.2, 0) is 20.4 Å². The molecule has 9 heteroatoms. The van der Waals surface area contributed by atoms with Crippen molar-refractivity contribution in [1.29, 1.82) is 5.26 Å². The Bertz CT molecular complexity index is 1380. The van der Waals surface area contributed by atoms with Crippen LogP contribution >= 0.6 is 7.92 Å². The van der Waals surface area contributed by atoms with Gasteiger partial charge in [0.25, 0.3) is 0 Å². The van der Waals surface area contributed by atoms with E-state index in [9.17, 15) is 17.3 Å². The maximum absolute atomic E-state index is 9.75. The van der Waals surface area contributed by atoms with E-state index < -0.39 is 15.2 Å². The van der Waals surface area contributed by atoms with Gasteiger partial charge in [-0.05, 0) is 30.2 Å². The fraction of sp³-hybridized carbons (Fsp3) is 0.0303. The van der Waals surface area contributed by atoms with Crippen molar-refractivity contribution in [1.82, 2.24) is 0 Å². The fourth-order valence-electron chi connectivity index (χ4n) is 3.37. The molecule has 0 radical (unpaired) electrons. The number of halogens is 4. The summed E-state index contributed by atoms with van der Waals surface area (Å²) in [5.41, 5.74) is 2.14. The van der Waals surface area contributed by atoms with Gasteiger partial charge < -0.3 is 17.3 Å². The summed E-state index contributed by atoms with van der Waals surface area (Å²) in [6.07, 6.45) is 1.95. The number of rotatable bonds is 5. The Labute approximate surface area is 260 Å². The van der Waals surface area contributed by atoms with Gasteiger partial charge in [-0.15, -0.1) is 0 Å². The predicted octanol–water partition coefficient (Wildman–Crippen LogP) is 8.51. The number of hydrogen-bond donors (Lipinski definition) is 0. The third kappa shape index (κ3) is 15.2. The number of nitriles is 1. The van der Waals surface area contributed by atoms with Crippen LogP contribution in [0.1, 0.15) is 12.5 Å². The topological polar surface area (TPSA) is 36.1 Å². The van der Waals surface area contributed by atoms with E-state index in [2.05, 4.69) is 103 Å². The van der Waals surface area contributed by atoms with Crippen molar-refractivity contribution in [2.45, 2.75) is 6.92 Å². The molecule has 5 aromatic rings. The van der Waals surface area contributed by atoms with Crippen LogP contribution in [0.4, 0.5) is 23.0 Å². The van der Waals surface area contributed by atoms with E-state index in [0.717, 1.165) is 11.3 Å². The first kappa shape index (κ1) is 36.2. The first-order valence-corrected chi connectivity index (χ1v) is 13.8. The Morgan fingerprint density at radius 2 is 1.05 bits per heavy atom. The number of nitrogens with zero attached hydrogens (tertiary/aromatic N) is 2. The maximum atomic E-state index is 9.75. The minimum Gasteiger partial charge on any atom is -0.418 e. The SMILES string of the molecule is C(=Nc1ccccc1P(c1ccccc1)c1ccccc1)c1ccccc1.CC#N.F[B-](F)(F)F.[Pd+2].[c-]1ccccc1. The Morgan fingerprint density at radius 3 is 1.45 bits per heavy atom. The molecule has 2 nitrogen and oxygen atoms in total. The van der Waals surface area contributed by atoms with Crippen molar-refractivity contribution in [3.8, 4) is 6.07 Å². The van der Waals surface area contributed by atoms with Crippen molar-refractivity contribution in [3.05, 3.63) is 157 Å². The summed E-state index contributed by atoms with van der Waals surface area (Å²) in [5, 5.41) is 11.3. The molecule has 0 aliphatic carbocycles. The quantitative estimate of drug-likeness (QED) is 0.0605. The van der Waals surface area contributed by atoms with Crippen LogP contribution < -0.4 is 15.9 Å². The zero-order valence-corrected chi connectivity index (χ0v) is 25.1. The van der Waals surface area contributed by atoms with Crippen LogP contribution in [0.25, 0.3) is 0 Å². The normalized spacial score (nSPS) is 9.93. The summed E-state index contributed by atoms with van der Waals surface area (Å²) in [6, 6.07) is 54.5. The molecule has 5 rings (SSSR count). The Hall–Kier alpha value is -3.86. The number of aliphatic imine (C=N–C) groups is 1. The van der Waals surface area contributed by atoms with Crippen LogP contribution in [-0.4, -0.2) is 13.5 Å². The smallest absolute Gasteiger partial charge is 0.418 e. The second-order valence-corrected chi connectivity index (χ2v) is 10.1. The fourth-order valence-corrected chi connectivity index (χ4v) is 5.76. The van der Waals surface area contributed by atoms with E-state index in [-0.39, 0.29) is 20.4 Å². The number of hydrogen-bond acceptors (Lipinski definition) is 2. The Kier molecular flexibility index (Phi) is 18.0. The van der Waals surface area contributed by atoms with Gasteiger partial charge in [-0.25, -0.2) is 0 Å². The molecule has 0 atom stereocenters. The van der Waals surface area contributed by atoms with Crippen LogP contribution in [0.2, 0.25) is 0 Å². The average molecular weight is 677 g/mol. The molecular weight excluding hydrogens is 649 g/mol. The molecule has 42 heavy (non-hydrogen) atoms. The Morgan fingerprint density at radius 1 is 0.667 bits per heavy atom. The van der Waals surface area contributed by atoms with Crippen LogP contribution in [0.5, 0.6) is 0 Å². The molecular formula is C33H28BF4N2PPd. The largest absolute Gasteiger partial charge is 2.00 e. The first-order valence-electron chi connectivity index (χ1n) is 12.5. The van der Waals surface area contributed by atoms with Crippen LogP contribution in [0.15, 0.2) is 151 Å². The van der Waals surface area contributed by atoms with Gasteiger partial charge in [0.05, 0.1) is 11.8 Å². The minimum absolute atomic E-state index is 0.